The average Bonchev–Trinajstić information content (AvgIpc) is 2.73. The van der Waals surface area contributed by atoms with Crippen LogP contribution in [0.1, 0.15) is 12.5 Å². The van der Waals surface area contributed by atoms with Gasteiger partial charge in [-0.1, -0.05) is 19.1 Å². The molecule has 0 atom stereocenters. The number of hydrogen-bond donors (Lipinski definition) is 1. The molecule has 0 unspecified atom stereocenters. The molecule has 0 heterocycles. The zero-order valence-corrected chi connectivity index (χ0v) is 17.8. The molecule has 0 saturated carbocycles. The van der Waals surface area contributed by atoms with Crippen molar-refractivity contribution in [2.75, 3.05) is 46.2 Å². The van der Waals surface area contributed by atoms with E-state index in [2.05, 4.69) is 5.32 Å². The van der Waals surface area contributed by atoms with Gasteiger partial charge in [-0.3, -0.25) is 14.5 Å². The van der Waals surface area contributed by atoms with E-state index in [-0.39, 0.29) is 30.7 Å². The molecule has 0 fully saturated rings. The topological polar surface area (TPSA) is 71.1 Å². The van der Waals surface area contributed by atoms with Crippen molar-refractivity contribution < 1.29 is 23.5 Å². The molecule has 0 saturated heterocycles. The molecule has 0 radical (unpaired) electrons. The van der Waals surface area contributed by atoms with Crippen molar-refractivity contribution in [1.29, 1.82) is 0 Å². The molecule has 0 aliphatic rings. The van der Waals surface area contributed by atoms with Gasteiger partial charge in [0.1, 0.15) is 5.75 Å². The summed E-state index contributed by atoms with van der Waals surface area (Å²) in [6, 6.07) is 11.7. The molecule has 2 amide bonds. The van der Waals surface area contributed by atoms with Crippen molar-refractivity contribution in [2.45, 2.75) is 13.5 Å². The van der Waals surface area contributed by atoms with Crippen molar-refractivity contribution in [3.05, 3.63) is 53.8 Å². The van der Waals surface area contributed by atoms with E-state index < -0.39 is 5.82 Å². The minimum absolute atomic E-state index is 0.0786. The van der Waals surface area contributed by atoms with Crippen molar-refractivity contribution in [3.63, 3.8) is 0 Å². The first kappa shape index (κ1) is 23.2. The number of likely N-dealkylation sites (N-methyl/N-ethyl adjacent to an activating group) is 2. The summed E-state index contributed by atoms with van der Waals surface area (Å²) in [6.45, 7) is 2.97. The van der Waals surface area contributed by atoms with Crippen molar-refractivity contribution >= 4 is 17.5 Å². The number of ether oxygens (including phenoxy) is 2. The maximum Gasteiger partial charge on any atom is 0.243 e. The number of nitrogens with zero attached hydrogens (tertiary/aromatic N) is 2. The molecule has 2 aromatic carbocycles. The van der Waals surface area contributed by atoms with E-state index in [1.165, 1.54) is 18.1 Å². The van der Waals surface area contributed by atoms with Gasteiger partial charge >= 0.3 is 0 Å². The highest BCUT2D eigenvalue weighted by Crippen LogP contribution is 2.19. The summed E-state index contributed by atoms with van der Waals surface area (Å²) >= 11 is 0. The Kier molecular flexibility index (Phi) is 8.61. The first-order chi connectivity index (χ1) is 14.4. The van der Waals surface area contributed by atoms with Crippen LogP contribution in [-0.2, 0) is 16.1 Å². The third-order valence-electron chi connectivity index (χ3n) is 4.59. The van der Waals surface area contributed by atoms with Crippen LogP contribution in [0.25, 0.3) is 0 Å². The molecule has 7 nitrogen and oxygen atoms in total. The number of carbonyl (C=O) groups is 2. The van der Waals surface area contributed by atoms with Gasteiger partial charge in [-0.05, 0) is 36.4 Å². The summed E-state index contributed by atoms with van der Waals surface area (Å²) in [5, 5.41) is 2.75. The Morgan fingerprint density at radius 2 is 1.83 bits per heavy atom. The molecule has 0 spiro atoms. The van der Waals surface area contributed by atoms with Crippen LogP contribution in [0.3, 0.4) is 0 Å². The van der Waals surface area contributed by atoms with Gasteiger partial charge in [0.2, 0.25) is 11.8 Å². The van der Waals surface area contributed by atoms with E-state index in [4.69, 9.17) is 9.47 Å². The van der Waals surface area contributed by atoms with E-state index >= 15 is 0 Å². The summed E-state index contributed by atoms with van der Waals surface area (Å²) in [7, 11) is 4.54. The number of anilines is 1. The zero-order valence-electron chi connectivity index (χ0n) is 17.8. The fraction of sp³-hybridized carbons (Fsp3) is 0.364. The van der Waals surface area contributed by atoms with Crippen LogP contribution < -0.4 is 14.8 Å². The largest absolute Gasteiger partial charge is 0.497 e. The second kappa shape index (κ2) is 11.2. The van der Waals surface area contributed by atoms with E-state index in [9.17, 15) is 14.0 Å². The van der Waals surface area contributed by atoms with Crippen molar-refractivity contribution in [3.8, 4) is 11.5 Å². The van der Waals surface area contributed by atoms with Gasteiger partial charge in [0.15, 0.2) is 11.6 Å². The lowest BCUT2D eigenvalue weighted by Crippen LogP contribution is -2.41. The summed E-state index contributed by atoms with van der Waals surface area (Å²) in [5.41, 5.74) is 1.33. The van der Waals surface area contributed by atoms with Crippen LogP contribution in [0.2, 0.25) is 0 Å². The van der Waals surface area contributed by atoms with E-state index in [0.717, 1.165) is 5.56 Å². The molecule has 2 rings (SSSR count). The molecule has 0 aliphatic carbocycles. The standard InChI is InChI=1S/C22H28FN3O4/c1-5-26(13-16-9-10-20(30-4)19(23)11-16)15-22(28)25(2)14-21(27)24-17-7-6-8-18(12-17)29-3/h6-12H,5,13-15H2,1-4H3,(H,24,27). The Labute approximate surface area is 176 Å². The molecule has 8 heteroatoms. The lowest BCUT2D eigenvalue weighted by atomic mass is 10.2. The van der Waals surface area contributed by atoms with Gasteiger partial charge < -0.3 is 19.7 Å². The fourth-order valence-corrected chi connectivity index (χ4v) is 2.86. The van der Waals surface area contributed by atoms with Gasteiger partial charge in [-0.25, -0.2) is 4.39 Å². The van der Waals surface area contributed by atoms with Crippen LogP contribution in [0, 0.1) is 5.82 Å². The van der Waals surface area contributed by atoms with Crippen LogP contribution >= 0.6 is 0 Å². The fourth-order valence-electron chi connectivity index (χ4n) is 2.86. The Morgan fingerprint density at radius 3 is 2.47 bits per heavy atom. The Morgan fingerprint density at radius 1 is 1.07 bits per heavy atom. The van der Waals surface area contributed by atoms with Crippen LogP contribution in [-0.4, -0.2) is 62.5 Å². The lowest BCUT2D eigenvalue weighted by molar-refractivity contribution is -0.134. The molecule has 162 valence electrons. The van der Waals surface area contributed by atoms with Gasteiger partial charge in [0.25, 0.3) is 0 Å². The Hall–Kier alpha value is -3.13. The predicted octanol–water partition coefficient (Wildman–Crippen LogP) is 2.76. The van der Waals surface area contributed by atoms with Gasteiger partial charge in [0.05, 0.1) is 27.3 Å². The van der Waals surface area contributed by atoms with Crippen molar-refractivity contribution in [2.24, 2.45) is 0 Å². The maximum absolute atomic E-state index is 13.9. The summed E-state index contributed by atoms with van der Waals surface area (Å²) in [6.07, 6.45) is 0. The quantitative estimate of drug-likeness (QED) is 0.644. The second-order valence-electron chi connectivity index (χ2n) is 6.80. The van der Waals surface area contributed by atoms with Gasteiger partial charge in [-0.2, -0.15) is 0 Å². The molecule has 0 aliphatic heterocycles. The molecule has 0 aromatic heterocycles. The Balaban J connectivity index is 1.89. The highest BCUT2D eigenvalue weighted by atomic mass is 19.1. The minimum atomic E-state index is -0.441. The first-order valence-electron chi connectivity index (χ1n) is 9.58. The monoisotopic (exact) mass is 417 g/mol. The normalized spacial score (nSPS) is 10.6. The molecular weight excluding hydrogens is 389 g/mol. The SMILES string of the molecule is CCN(CC(=O)N(C)CC(=O)Nc1cccc(OC)c1)Cc1ccc(OC)c(F)c1. The molecular formula is C22H28FN3O4. The smallest absolute Gasteiger partial charge is 0.243 e. The number of benzene rings is 2. The van der Waals surface area contributed by atoms with E-state index in [1.807, 2.05) is 11.8 Å². The number of nitrogens with one attached hydrogen (secondary N) is 1. The average molecular weight is 417 g/mol. The highest BCUT2D eigenvalue weighted by Gasteiger charge is 2.17. The van der Waals surface area contributed by atoms with Crippen LogP contribution in [0.15, 0.2) is 42.5 Å². The first-order valence-corrected chi connectivity index (χ1v) is 9.58. The third-order valence-corrected chi connectivity index (χ3v) is 4.59. The van der Waals surface area contributed by atoms with Gasteiger partial charge in [0, 0.05) is 25.3 Å². The number of carbonyl (C=O) groups excluding carboxylic acids is 2. The van der Waals surface area contributed by atoms with E-state index in [1.54, 1.807) is 50.6 Å². The molecule has 30 heavy (non-hydrogen) atoms. The summed E-state index contributed by atoms with van der Waals surface area (Å²) in [5.74, 6) is -0.139. The molecule has 0 bridgehead atoms. The van der Waals surface area contributed by atoms with Crippen LogP contribution in [0.4, 0.5) is 10.1 Å². The zero-order chi connectivity index (χ0) is 22.1. The minimum Gasteiger partial charge on any atom is -0.497 e. The molecule has 2 aromatic rings. The van der Waals surface area contributed by atoms with Gasteiger partial charge in [-0.15, -0.1) is 0 Å². The number of amides is 2. The van der Waals surface area contributed by atoms with Crippen LogP contribution in [0.5, 0.6) is 11.5 Å². The third kappa shape index (κ3) is 6.73. The molecule has 1 N–H and O–H groups in total. The highest BCUT2D eigenvalue weighted by molar-refractivity contribution is 5.94. The second-order valence-corrected chi connectivity index (χ2v) is 6.80. The summed E-state index contributed by atoms with van der Waals surface area (Å²) in [4.78, 5) is 28.0. The summed E-state index contributed by atoms with van der Waals surface area (Å²) < 4.78 is 23.9. The van der Waals surface area contributed by atoms with Crippen molar-refractivity contribution in [1.82, 2.24) is 9.80 Å². The lowest BCUT2D eigenvalue weighted by Gasteiger charge is -2.24. The number of halogens is 1. The number of hydrogen-bond acceptors (Lipinski definition) is 5. The predicted molar refractivity (Wildman–Crippen MR) is 113 cm³/mol. The number of rotatable bonds is 10. The number of methoxy groups -OCH3 is 2. The Bertz CT molecular complexity index is 875. The van der Waals surface area contributed by atoms with E-state index in [0.29, 0.717) is 24.5 Å². The maximum atomic E-state index is 13.9.